The average Bonchev–Trinajstić information content (AvgIpc) is 2.58. The lowest BCUT2D eigenvalue weighted by atomic mass is 10.1. The summed E-state index contributed by atoms with van der Waals surface area (Å²) >= 11 is 6.22. The second-order valence-corrected chi connectivity index (χ2v) is 4.55. The SMILES string of the molecule is NC1CCCc2cc3cccc(Cl)c3n21. The van der Waals surface area contributed by atoms with E-state index in [4.69, 9.17) is 17.3 Å². The minimum absolute atomic E-state index is 0.0890. The van der Waals surface area contributed by atoms with E-state index in [0.717, 1.165) is 23.4 Å². The molecule has 0 amide bonds. The molecule has 15 heavy (non-hydrogen) atoms. The number of aryl methyl sites for hydroxylation is 1. The highest BCUT2D eigenvalue weighted by molar-refractivity contribution is 6.35. The van der Waals surface area contributed by atoms with Crippen LogP contribution in [0.4, 0.5) is 0 Å². The average molecular weight is 221 g/mol. The van der Waals surface area contributed by atoms with E-state index in [0.29, 0.717) is 0 Å². The van der Waals surface area contributed by atoms with Crippen LogP contribution in [0.3, 0.4) is 0 Å². The molecule has 78 valence electrons. The predicted molar refractivity (Wildman–Crippen MR) is 63.1 cm³/mol. The molecule has 1 aliphatic rings. The summed E-state index contributed by atoms with van der Waals surface area (Å²) in [7, 11) is 0. The molecular weight excluding hydrogens is 208 g/mol. The normalized spacial score (nSPS) is 20.5. The molecule has 0 bridgehead atoms. The molecule has 3 heteroatoms. The molecule has 2 N–H and O–H groups in total. The number of fused-ring (bicyclic) bond motifs is 3. The van der Waals surface area contributed by atoms with E-state index in [1.165, 1.54) is 17.5 Å². The summed E-state index contributed by atoms with van der Waals surface area (Å²) in [6.45, 7) is 0. The third-order valence-electron chi connectivity index (χ3n) is 3.15. The number of nitrogens with two attached hydrogens (primary N) is 1. The van der Waals surface area contributed by atoms with Crippen molar-refractivity contribution in [3.8, 4) is 0 Å². The fourth-order valence-electron chi connectivity index (χ4n) is 2.49. The van der Waals surface area contributed by atoms with Crippen molar-refractivity contribution in [1.29, 1.82) is 0 Å². The Morgan fingerprint density at radius 2 is 2.27 bits per heavy atom. The second-order valence-electron chi connectivity index (χ2n) is 4.14. The zero-order valence-electron chi connectivity index (χ0n) is 8.41. The predicted octanol–water partition coefficient (Wildman–Crippen LogP) is 3.09. The summed E-state index contributed by atoms with van der Waals surface area (Å²) in [6.07, 6.45) is 3.42. The highest BCUT2D eigenvalue weighted by Gasteiger charge is 2.19. The van der Waals surface area contributed by atoms with Gasteiger partial charge in [-0.1, -0.05) is 23.7 Å². The van der Waals surface area contributed by atoms with Crippen LogP contribution in [-0.4, -0.2) is 4.57 Å². The van der Waals surface area contributed by atoms with Crippen LogP contribution in [0.15, 0.2) is 24.3 Å². The summed E-state index contributed by atoms with van der Waals surface area (Å²) in [5.74, 6) is 0. The number of aromatic nitrogens is 1. The lowest BCUT2D eigenvalue weighted by molar-refractivity contribution is 0.425. The van der Waals surface area contributed by atoms with E-state index in [1.54, 1.807) is 0 Å². The molecule has 0 radical (unpaired) electrons. The van der Waals surface area contributed by atoms with Gasteiger partial charge in [0.15, 0.2) is 0 Å². The second kappa shape index (κ2) is 3.26. The van der Waals surface area contributed by atoms with E-state index in [1.807, 2.05) is 12.1 Å². The molecule has 1 atom stereocenters. The van der Waals surface area contributed by atoms with Gasteiger partial charge in [-0.2, -0.15) is 0 Å². The van der Waals surface area contributed by atoms with Crippen LogP contribution in [0, 0.1) is 0 Å². The largest absolute Gasteiger partial charge is 0.328 e. The van der Waals surface area contributed by atoms with Crippen molar-refractivity contribution in [3.05, 3.63) is 35.0 Å². The van der Waals surface area contributed by atoms with Crippen molar-refractivity contribution in [1.82, 2.24) is 4.57 Å². The topological polar surface area (TPSA) is 30.9 Å². The Morgan fingerprint density at radius 3 is 3.13 bits per heavy atom. The molecule has 2 heterocycles. The monoisotopic (exact) mass is 220 g/mol. The summed E-state index contributed by atoms with van der Waals surface area (Å²) in [6, 6.07) is 8.22. The Bertz CT molecular complexity index is 516. The van der Waals surface area contributed by atoms with Crippen molar-refractivity contribution in [2.24, 2.45) is 5.73 Å². The molecule has 0 fully saturated rings. The molecule has 0 saturated heterocycles. The van der Waals surface area contributed by atoms with Crippen LogP contribution >= 0.6 is 11.6 Å². The van der Waals surface area contributed by atoms with Gasteiger partial charge >= 0.3 is 0 Å². The number of hydrogen-bond donors (Lipinski definition) is 1. The zero-order chi connectivity index (χ0) is 10.4. The Hall–Kier alpha value is -0.990. The lowest BCUT2D eigenvalue weighted by Crippen LogP contribution is -2.24. The van der Waals surface area contributed by atoms with Crippen LogP contribution in [-0.2, 0) is 6.42 Å². The highest BCUT2D eigenvalue weighted by Crippen LogP contribution is 2.33. The molecular formula is C12H13ClN2. The number of nitrogens with zero attached hydrogens (tertiary/aromatic N) is 1. The van der Waals surface area contributed by atoms with Crippen LogP contribution in [0.25, 0.3) is 10.9 Å². The number of benzene rings is 1. The highest BCUT2D eigenvalue weighted by atomic mass is 35.5. The van der Waals surface area contributed by atoms with Gasteiger partial charge in [0.2, 0.25) is 0 Å². The number of hydrogen-bond acceptors (Lipinski definition) is 1. The molecule has 2 aromatic rings. The van der Waals surface area contributed by atoms with Gasteiger partial charge < -0.3 is 10.3 Å². The molecule has 0 aliphatic carbocycles. The van der Waals surface area contributed by atoms with E-state index >= 15 is 0 Å². The van der Waals surface area contributed by atoms with Crippen LogP contribution < -0.4 is 5.73 Å². The van der Waals surface area contributed by atoms with Crippen molar-refractivity contribution >= 4 is 22.5 Å². The molecule has 2 nitrogen and oxygen atoms in total. The molecule has 1 aromatic heterocycles. The minimum Gasteiger partial charge on any atom is -0.328 e. The Labute approximate surface area is 93.6 Å². The van der Waals surface area contributed by atoms with Crippen molar-refractivity contribution < 1.29 is 0 Å². The third kappa shape index (κ3) is 1.29. The van der Waals surface area contributed by atoms with Crippen LogP contribution in [0.2, 0.25) is 5.02 Å². The fourth-order valence-corrected chi connectivity index (χ4v) is 2.76. The van der Waals surface area contributed by atoms with Gasteiger partial charge in [0.25, 0.3) is 0 Å². The molecule has 1 aromatic carbocycles. The Balaban J connectivity index is 2.38. The smallest absolute Gasteiger partial charge is 0.0817 e. The lowest BCUT2D eigenvalue weighted by Gasteiger charge is -2.23. The number of rotatable bonds is 0. The zero-order valence-corrected chi connectivity index (χ0v) is 9.17. The van der Waals surface area contributed by atoms with Gasteiger partial charge in [-0.25, -0.2) is 0 Å². The van der Waals surface area contributed by atoms with Crippen LogP contribution in [0.5, 0.6) is 0 Å². The molecule has 0 saturated carbocycles. The minimum atomic E-state index is 0.0890. The summed E-state index contributed by atoms with van der Waals surface area (Å²) in [5, 5.41) is 2.01. The van der Waals surface area contributed by atoms with Gasteiger partial charge in [-0.15, -0.1) is 0 Å². The Morgan fingerprint density at radius 1 is 1.40 bits per heavy atom. The molecule has 1 unspecified atom stereocenters. The van der Waals surface area contributed by atoms with Gasteiger partial charge in [0, 0.05) is 11.1 Å². The van der Waals surface area contributed by atoms with Crippen molar-refractivity contribution in [2.45, 2.75) is 25.4 Å². The standard InChI is InChI=1S/C12H13ClN2/c13-10-5-1-3-8-7-9-4-2-6-11(14)15(9)12(8)10/h1,3,5,7,11H,2,4,6,14H2. The maximum atomic E-state index is 6.22. The number of para-hydroxylation sites is 1. The van der Waals surface area contributed by atoms with E-state index in [9.17, 15) is 0 Å². The van der Waals surface area contributed by atoms with E-state index in [2.05, 4.69) is 16.7 Å². The van der Waals surface area contributed by atoms with E-state index in [-0.39, 0.29) is 6.17 Å². The molecule has 3 rings (SSSR count). The van der Waals surface area contributed by atoms with Crippen molar-refractivity contribution in [2.75, 3.05) is 0 Å². The third-order valence-corrected chi connectivity index (χ3v) is 3.46. The quantitative estimate of drug-likeness (QED) is 0.727. The number of halogens is 1. The molecule has 0 spiro atoms. The van der Waals surface area contributed by atoms with Crippen LogP contribution in [0.1, 0.15) is 24.7 Å². The molecule has 1 aliphatic heterocycles. The van der Waals surface area contributed by atoms with E-state index < -0.39 is 0 Å². The van der Waals surface area contributed by atoms with Crippen molar-refractivity contribution in [3.63, 3.8) is 0 Å². The maximum Gasteiger partial charge on any atom is 0.0817 e. The first kappa shape index (κ1) is 9.25. The Kier molecular flexibility index (Phi) is 2.01. The maximum absolute atomic E-state index is 6.22. The summed E-state index contributed by atoms with van der Waals surface area (Å²) in [4.78, 5) is 0. The van der Waals surface area contributed by atoms with Gasteiger partial charge in [0.05, 0.1) is 16.7 Å². The first-order valence-corrected chi connectivity index (χ1v) is 5.69. The van der Waals surface area contributed by atoms with Gasteiger partial charge in [-0.3, -0.25) is 0 Å². The summed E-state index contributed by atoms with van der Waals surface area (Å²) < 4.78 is 2.20. The first-order valence-electron chi connectivity index (χ1n) is 5.31. The van der Waals surface area contributed by atoms with Gasteiger partial charge in [0.1, 0.15) is 0 Å². The summed E-state index contributed by atoms with van der Waals surface area (Å²) in [5.41, 5.74) is 8.55. The fraction of sp³-hybridized carbons (Fsp3) is 0.333. The van der Waals surface area contributed by atoms with Gasteiger partial charge in [-0.05, 0) is 31.4 Å². The first-order chi connectivity index (χ1) is 7.27.